The molecule has 3 N–H and O–H groups in total. The van der Waals surface area contributed by atoms with Crippen LogP contribution in [0.25, 0.3) is 0 Å². The minimum atomic E-state index is -1.39. The van der Waals surface area contributed by atoms with Gasteiger partial charge in [-0.05, 0) is 43.4 Å². The van der Waals surface area contributed by atoms with Crippen LogP contribution in [-0.2, 0) is 23.8 Å². The number of carbonyl (C=O) groups excluding carboxylic acids is 3. The number of nitrogens with two attached hydrogens (primary N) is 1. The van der Waals surface area contributed by atoms with Crippen LogP contribution in [0.2, 0.25) is 0 Å². The van der Waals surface area contributed by atoms with Crippen molar-refractivity contribution in [3.05, 3.63) is 23.8 Å². The van der Waals surface area contributed by atoms with Gasteiger partial charge in [-0.2, -0.15) is 0 Å². The van der Waals surface area contributed by atoms with Gasteiger partial charge in [0.2, 0.25) is 0 Å². The molecular formula is C29H45NO10. The van der Waals surface area contributed by atoms with Gasteiger partial charge in [-0.25, -0.2) is 9.59 Å². The molecule has 0 saturated heterocycles. The van der Waals surface area contributed by atoms with Crippen LogP contribution < -0.4 is 15.2 Å². The highest BCUT2D eigenvalue weighted by Gasteiger charge is 2.36. The first kappa shape index (κ1) is 34.7. The number of ether oxygens (including phenoxy) is 5. The van der Waals surface area contributed by atoms with E-state index in [1.165, 1.54) is 18.2 Å². The fourth-order valence-corrected chi connectivity index (χ4v) is 3.69. The third kappa shape index (κ3) is 11.0. The van der Waals surface area contributed by atoms with Crippen LogP contribution in [0.1, 0.15) is 85.6 Å². The van der Waals surface area contributed by atoms with Gasteiger partial charge in [-0.15, -0.1) is 0 Å². The fourth-order valence-electron chi connectivity index (χ4n) is 3.69. The van der Waals surface area contributed by atoms with Crippen LogP contribution in [0.3, 0.4) is 0 Å². The van der Waals surface area contributed by atoms with Crippen molar-refractivity contribution in [1.29, 1.82) is 0 Å². The lowest BCUT2D eigenvalue weighted by Crippen LogP contribution is -2.43. The Balaban J connectivity index is 3.39. The number of unbranched alkanes of at least 4 members (excludes halogenated alkanes) is 2. The Labute approximate surface area is 236 Å². The summed E-state index contributed by atoms with van der Waals surface area (Å²) in [6, 6.07) is 2.84. The molecule has 11 heteroatoms. The number of carboxylic acids is 1. The lowest BCUT2D eigenvalue weighted by Gasteiger charge is -2.32. The summed E-state index contributed by atoms with van der Waals surface area (Å²) >= 11 is 0. The van der Waals surface area contributed by atoms with E-state index in [2.05, 4.69) is 0 Å². The number of rotatable bonds is 16. The molecule has 0 fully saturated rings. The van der Waals surface area contributed by atoms with E-state index in [0.717, 1.165) is 12.8 Å². The first-order valence-corrected chi connectivity index (χ1v) is 13.9. The van der Waals surface area contributed by atoms with Gasteiger partial charge in [0, 0.05) is 11.8 Å². The number of carbonyl (C=O) groups is 4. The number of hydrogen-bond donors (Lipinski definition) is 2. The Morgan fingerprint density at radius 2 is 1.38 bits per heavy atom. The predicted molar refractivity (Wildman–Crippen MR) is 147 cm³/mol. The highest BCUT2D eigenvalue weighted by atomic mass is 16.7. The minimum absolute atomic E-state index is 0.0603. The van der Waals surface area contributed by atoms with Crippen molar-refractivity contribution < 1.29 is 48.0 Å². The largest absolute Gasteiger partial charge is 0.513 e. The van der Waals surface area contributed by atoms with Gasteiger partial charge in [-0.3, -0.25) is 9.59 Å². The lowest BCUT2D eigenvalue weighted by atomic mass is 9.79. The maximum absolute atomic E-state index is 12.6. The second-order valence-corrected chi connectivity index (χ2v) is 10.2. The SMILES string of the molecule is CCCCOC(=O)Oc1ccc(C(C(C)C(C)OC(=O)C(C)C(C)C)[C@H](N)C(=O)O)cc1OC(=O)OCCCC. The summed E-state index contributed by atoms with van der Waals surface area (Å²) in [4.78, 5) is 49.1. The van der Waals surface area contributed by atoms with Gasteiger partial charge in [0.1, 0.15) is 12.1 Å². The molecule has 1 aromatic rings. The zero-order valence-corrected chi connectivity index (χ0v) is 24.6. The van der Waals surface area contributed by atoms with Gasteiger partial charge in [0.15, 0.2) is 11.5 Å². The molecule has 11 nitrogen and oxygen atoms in total. The molecule has 0 aliphatic heterocycles. The molecule has 0 amide bonds. The summed E-state index contributed by atoms with van der Waals surface area (Å²) in [6.45, 7) is 13.1. The number of hydrogen-bond acceptors (Lipinski definition) is 10. The number of carboxylic acid groups (broad SMARTS) is 1. The standard InChI is InChI=1S/C29H45NO10/c1-8-10-14-36-28(34)39-22-13-12-21(16-23(22)40-29(35)37-15-11-9-2)24(25(30)26(31)32)19(6)20(7)38-27(33)18(5)17(3)4/h12-13,16-20,24-25H,8-11,14-15,30H2,1-7H3,(H,31,32)/t18?,19?,20?,24?,25-/m0/s1. The quantitative estimate of drug-likeness (QED) is 0.109. The monoisotopic (exact) mass is 567 g/mol. The molecule has 0 saturated carbocycles. The maximum atomic E-state index is 12.6. The zero-order valence-electron chi connectivity index (χ0n) is 24.6. The first-order valence-electron chi connectivity index (χ1n) is 13.9. The molecule has 1 rings (SSSR count). The van der Waals surface area contributed by atoms with Crippen LogP contribution >= 0.6 is 0 Å². The van der Waals surface area contributed by atoms with E-state index in [-0.39, 0.29) is 36.5 Å². The van der Waals surface area contributed by atoms with Crippen molar-refractivity contribution in [3.8, 4) is 11.5 Å². The third-order valence-electron chi connectivity index (χ3n) is 6.83. The van der Waals surface area contributed by atoms with Crippen LogP contribution in [0.5, 0.6) is 11.5 Å². The lowest BCUT2D eigenvalue weighted by molar-refractivity contribution is -0.157. The van der Waals surface area contributed by atoms with E-state index >= 15 is 0 Å². The molecule has 226 valence electrons. The zero-order chi connectivity index (χ0) is 30.4. The van der Waals surface area contributed by atoms with Crippen LogP contribution in [-0.4, -0.2) is 54.7 Å². The van der Waals surface area contributed by atoms with Gasteiger partial charge in [-0.1, -0.05) is 60.5 Å². The Morgan fingerprint density at radius 1 is 0.850 bits per heavy atom. The van der Waals surface area contributed by atoms with Gasteiger partial charge >= 0.3 is 24.2 Å². The molecule has 0 aliphatic rings. The molecule has 1 aromatic carbocycles. The first-order chi connectivity index (χ1) is 18.8. The molecule has 0 bridgehead atoms. The van der Waals surface area contributed by atoms with Crippen molar-refractivity contribution >= 4 is 24.2 Å². The topological polar surface area (TPSA) is 161 Å². The van der Waals surface area contributed by atoms with E-state index in [1.807, 2.05) is 27.7 Å². The second-order valence-electron chi connectivity index (χ2n) is 10.2. The Morgan fingerprint density at radius 3 is 1.85 bits per heavy atom. The van der Waals surface area contributed by atoms with Crippen molar-refractivity contribution in [2.75, 3.05) is 13.2 Å². The average Bonchev–Trinajstić information content (AvgIpc) is 2.89. The molecule has 0 aliphatic carbocycles. The molecule has 0 radical (unpaired) electrons. The van der Waals surface area contributed by atoms with E-state index in [4.69, 9.17) is 29.4 Å². The van der Waals surface area contributed by atoms with E-state index in [0.29, 0.717) is 18.4 Å². The van der Waals surface area contributed by atoms with Crippen molar-refractivity contribution in [1.82, 2.24) is 0 Å². The molecule has 5 atom stereocenters. The highest BCUT2D eigenvalue weighted by molar-refractivity contribution is 5.75. The maximum Gasteiger partial charge on any atom is 0.513 e. The van der Waals surface area contributed by atoms with Crippen molar-refractivity contribution in [2.24, 2.45) is 23.5 Å². The molecule has 0 spiro atoms. The van der Waals surface area contributed by atoms with Crippen molar-refractivity contribution in [2.45, 2.75) is 92.2 Å². The van der Waals surface area contributed by atoms with E-state index in [1.54, 1.807) is 20.8 Å². The summed E-state index contributed by atoms with van der Waals surface area (Å²) in [5, 5.41) is 9.77. The molecular weight excluding hydrogens is 522 g/mol. The van der Waals surface area contributed by atoms with Crippen LogP contribution in [0.4, 0.5) is 9.59 Å². The predicted octanol–water partition coefficient (Wildman–Crippen LogP) is 5.67. The van der Waals surface area contributed by atoms with Crippen LogP contribution in [0, 0.1) is 17.8 Å². The normalized spacial score (nSPS) is 14.8. The Bertz CT molecular complexity index is 980. The second kappa shape index (κ2) is 17.4. The summed E-state index contributed by atoms with van der Waals surface area (Å²) in [7, 11) is 0. The molecule has 0 aromatic heterocycles. The molecule has 0 heterocycles. The van der Waals surface area contributed by atoms with Crippen LogP contribution in [0.15, 0.2) is 18.2 Å². The summed E-state index contributed by atoms with van der Waals surface area (Å²) in [5.74, 6) is -3.72. The minimum Gasteiger partial charge on any atom is -0.480 e. The number of aliphatic carboxylic acids is 1. The van der Waals surface area contributed by atoms with E-state index < -0.39 is 48.2 Å². The number of benzene rings is 1. The van der Waals surface area contributed by atoms with Gasteiger partial charge in [0.05, 0.1) is 19.1 Å². The summed E-state index contributed by atoms with van der Waals surface area (Å²) in [6.07, 6.45) is 0.175. The summed E-state index contributed by atoms with van der Waals surface area (Å²) in [5.41, 5.74) is 6.48. The van der Waals surface area contributed by atoms with Crippen molar-refractivity contribution in [3.63, 3.8) is 0 Å². The molecule has 4 unspecified atom stereocenters. The van der Waals surface area contributed by atoms with Gasteiger partial charge in [0.25, 0.3) is 0 Å². The number of esters is 1. The Kier molecular flexibility index (Phi) is 15.1. The molecule has 40 heavy (non-hydrogen) atoms. The summed E-state index contributed by atoms with van der Waals surface area (Å²) < 4.78 is 26.4. The fraction of sp³-hybridized carbons (Fsp3) is 0.655. The van der Waals surface area contributed by atoms with E-state index in [9.17, 15) is 24.3 Å². The third-order valence-corrected chi connectivity index (χ3v) is 6.83. The highest BCUT2D eigenvalue weighted by Crippen LogP contribution is 2.37. The smallest absolute Gasteiger partial charge is 0.480 e. The van der Waals surface area contributed by atoms with Gasteiger partial charge < -0.3 is 34.5 Å². The Hall–Kier alpha value is -3.34. The average molecular weight is 568 g/mol.